The second-order valence-electron chi connectivity index (χ2n) is 5.88. The molecule has 0 aromatic rings. The van der Waals surface area contributed by atoms with Crippen LogP contribution in [0.15, 0.2) is 0 Å². The smallest absolute Gasteiger partial charge is 0.0923 e. The van der Waals surface area contributed by atoms with Crippen molar-refractivity contribution < 1.29 is 5.11 Å². The van der Waals surface area contributed by atoms with E-state index in [2.05, 4.69) is 18.7 Å². The lowest BCUT2D eigenvalue weighted by molar-refractivity contribution is -0.0392. The van der Waals surface area contributed by atoms with Crippen LogP contribution in [-0.2, 0) is 0 Å². The van der Waals surface area contributed by atoms with Gasteiger partial charge in [0, 0.05) is 25.2 Å². The zero-order valence-electron chi connectivity index (χ0n) is 10.7. The van der Waals surface area contributed by atoms with Crippen LogP contribution in [0.4, 0.5) is 0 Å². The van der Waals surface area contributed by atoms with Gasteiger partial charge in [-0.3, -0.25) is 4.90 Å². The Labute approximate surface area is 99.0 Å². The van der Waals surface area contributed by atoms with Gasteiger partial charge in [-0.2, -0.15) is 0 Å². The van der Waals surface area contributed by atoms with E-state index in [9.17, 15) is 5.11 Å². The average molecular weight is 226 g/mol. The van der Waals surface area contributed by atoms with Gasteiger partial charge < -0.3 is 10.8 Å². The van der Waals surface area contributed by atoms with E-state index in [4.69, 9.17) is 5.73 Å². The molecule has 16 heavy (non-hydrogen) atoms. The number of hydrogen-bond donors (Lipinski definition) is 2. The molecule has 0 aromatic carbocycles. The minimum absolute atomic E-state index is 0.410. The Balaban J connectivity index is 2.00. The van der Waals surface area contributed by atoms with Gasteiger partial charge >= 0.3 is 0 Å². The van der Waals surface area contributed by atoms with Gasteiger partial charge in [0.05, 0.1) is 5.60 Å². The highest BCUT2D eigenvalue weighted by molar-refractivity contribution is 4.99. The minimum Gasteiger partial charge on any atom is -0.387 e. The maximum absolute atomic E-state index is 10.6. The van der Waals surface area contributed by atoms with Crippen LogP contribution < -0.4 is 5.73 Å². The van der Waals surface area contributed by atoms with E-state index in [1.807, 2.05) is 0 Å². The average Bonchev–Trinajstić information content (AvgIpc) is 3.07. The number of hydrogen-bond acceptors (Lipinski definition) is 3. The van der Waals surface area contributed by atoms with Crippen LogP contribution in [0, 0.1) is 5.92 Å². The summed E-state index contributed by atoms with van der Waals surface area (Å²) in [5.41, 5.74) is 5.15. The molecular formula is C13H26N2O. The second kappa shape index (κ2) is 4.63. The predicted molar refractivity (Wildman–Crippen MR) is 66.2 cm³/mol. The van der Waals surface area contributed by atoms with Crippen LogP contribution in [0.5, 0.6) is 0 Å². The van der Waals surface area contributed by atoms with Gasteiger partial charge in [-0.05, 0) is 45.4 Å². The molecule has 2 fully saturated rings. The van der Waals surface area contributed by atoms with Gasteiger partial charge in [0.15, 0.2) is 0 Å². The van der Waals surface area contributed by atoms with E-state index in [0.29, 0.717) is 24.5 Å². The third-order valence-electron chi connectivity index (χ3n) is 4.52. The molecule has 94 valence electrons. The molecule has 1 aliphatic heterocycles. The lowest BCUT2D eigenvalue weighted by atomic mass is 9.91. The second-order valence-corrected chi connectivity index (χ2v) is 5.88. The number of nitrogens with two attached hydrogens (primary N) is 1. The lowest BCUT2D eigenvalue weighted by Crippen LogP contribution is -2.55. The first-order chi connectivity index (χ1) is 7.57. The molecule has 0 spiro atoms. The SMILES string of the molecule is C[C@@H]1CCC[C@H](C)N1CC(O)(CN)C1CC1. The lowest BCUT2D eigenvalue weighted by Gasteiger charge is -2.43. The number of likely N-dealkylation sites (tertiary alicyclic amines) is 1. The molecule has 1 unspecified atom stereocenters. The molecule has 3 heteroatoms. The van der Waals surface area contributed by atoms with E-state index in [1.165, 1.54) is 19.3 Å². The number of nitrogens with zero attached hydrogens (tertiary/aromatic N) is 1. The van der Waals surface area contributed by atoms with Crippen LogP contribution >= 0.6 is 0 Å². The van der Waals surface area contributed by atoms with Gasteiger partial charge in [-0.1, -0.05) is 6.42 Å². The Morgan fingerprint density at radius 3 is 2.19 bits per heavy atom. The third kappa shape index (κ3) is 2.41. The molecule has 1 aliphatic carbocycles. The van der Waals surface area contributed by atoms with Crippen LogP contribution in [0.3, 0.4) is 0 Å². The number of piperidine rings is 1. The highest BCUT2D eigenvalue weighted by Crippen LogP contribution is 2.40. The Bertz CT molecular complexity index is 232. The van der Waals surface area contributed by atoms with Crippen molar-refractivity contribution in [3.8, 4) is 0 Å². The fraction of sp³-hybridized carbons (Fsp3) is 1.00. The van der Waals surface area contributed by atoms with Crippen LogP contribution in [0.2, 0.25) is 0 Å². The van der Waals surface area contributed by atoms with Crippen molar-refractivity contribution in [1.29, 1.82) is 0 Å². The zero-order valence-corrected chi connectivity index (χ0v) is 10.7. The Hall–Kier alpha value is -0.120. The maximum Gasteiger partial charge on any atom is 0.0923 e. The summed E-state index contributed by atoms with van der Waals surface area (Å²) in [6, 6.07) is 1.20. The summed E-state index contributed by atoms with van der Waals surface area (Å²) in [5.74, 6) is 0.457. The van der Waals surface area contributed by atoms with Crippen molar-refractivity contribution in [2.75, 3.05) is 13.1 Å². The summed E-state index contributed by atoms with van der Waals surface area (Å²) in [6.45, 7) is 5.74. The largest absolute Gasteiger partial charge is 0.387 e. The Morgan fingerprint density at radius 2 is 1.75 bits per heavy atom. The molecule has 1 heterocycles. The fourth-order valence-corrected chi connectivity index (χ4v) is 3.08. The maximum atomic E-state index is 10.6. The summed E-state index contributed by atoms with van der Waals surface area (Å²) < 4.78 is 0. The minimum atomic E-state index is -0.625. The summed E-state index contributed by atoms with van der Waals surface area (Å²) >= 11 is 0. The Morgan fingerprint density at radius 1 is 1.19 bits per heavy atom. The van der Waals surface area contributed by atoms with Crippen molar-refractivity contribution in [3.05, 3.63) is 0 Å². The van der Waals surface area contributed by atoms with Crippen molar-refractivity contribution in [3.63, 3.8) is 0 Å². The topological polar surface area (TPSA) is 49.5 Å². The zero-order chi connectivity index (χ0) is 11.8. The molecule has 1 saturated carbocycles. The van der Waals surface area contributed by atoms with Crippen molar-refractivity contribution in [2.45, 2.75) is 63.6 Å². The van der Waals surface area contributed by atoms with Gasteiger partial charge in [-0.25, -0.2) is 0 Å². The molecule has 3 N–H and O–H groups in total. The van der Waals surface area contributed by atoms with E-state index < -0.39 is 5.60 Å². The van der Waals surface area contributed by atoms with E-state index in [1.54, 1.807) is 0 Å². The molecule has 2 rings (SSSR count). The molecule has 0 radical (unpaired) electrons. The van der Waals surface area contributed by atoms with Gasteiger partial charge in [0.1, 0.15) is 0 Å². The van der Waals surface area contributed by atoms with Crippen molar-refractivity contribution in [1.82, 2.24) is 4.90 Å². The van der Waals surface area contributed by atoms with E-state index >= 15 is 0 Å². The first kappa shape index (κ1) is 12.3. The molecule has 3 nitrogen and oxygen atoms in total. The molecule has 3 atom stereocenters. The highest BCUT2D eigenvalue weighted by atomic mass is 16.3. The van der Waals surface area contributed by atoms with Gasteiger partial charge in [0.2, 0.25) is 0 Å². The number of aliphatic hydroxyl groups is 1. The van der Waals surface area contributed by atoms with Gasteiger partial charge in [-0.15, -0.1) is 0 Å². The molecular weight excluding hydrogens is 200 g/mol. The number of β-amino-alcohol motifs (C(OH)–C–C–N with tert-alkyl or cyclic N) is 1. The van der Waals surface area contributed by atoms with Crippen LogP contribution in [-0.4, -0.2) is 40.8 Å². The summed E-state index contributed by atoms with van der Waals surface area (Å²) in [5, 5.41) is 10.6. The third-order valence-corrected chi connectivity index (χ3v) is 4.52. The Kier molecular flexibility index (Phi) is 3.57. The monoisotopic (exact) mass is 226 g/mol. The summed E-state index contributed by atoms with van der Waals surface area (Å²) in [7, 11) is 0. The van der Waals surface area contributed by atoms with E-state index in [-0.39, 0.29) is 0 Å². The predicted octanol–water partition coefficient (Wildman–Crippen LogP) is 1.35. The molecule has 1 saturated heterocycles. The fourth-order valence-electron chi connectivity index (χ4n) is 3.08. The first-order valence-corrected chi connectivity index (χ1v) is 6.75. The molecule has 0 bridgehead atoms. The van der Waals surface area contributed by atoms with E-state index in [0.717, 1.165) is 19.4 Å². The molecule has 2 aliphatic rings. The van der Waals surface area contributed by atoms with Crippen LogP contribution in [0.25, 0.3) is 0 Å². The summed E-state index contributed by atoms with van der Waals surface area (Å²) in [4.78, 5) is 2.47. The van der Waals surface area contributed by atoms with Crippen molar-refractivity contribution in [2.24, 2.45) is 11.7 Å². The molecule has 0 amide bonds. The summed E-state index contributed by atoms with van der Waals surface area (Å²) in [6.07, 6.45) is 6.16. The normalized spacial score (nSPS) is 36.0. The first-order valence-electron chi connectivity index (χ1n) is 6.75. The molecule has 0 aromatic heterocycles. The van der Waals surface area contributed by atoms with Crippen LogP contribution in [0.1, 0.15) is 46.0 Å². The van der Waals surface area contributed by atoms with Gasteiger partial charge in [0.25, 0.3) is 0 Å². The van der Waals surface area contributed by atoms with Crippen molar-refractivity contribution >= 4 is 0 Å². The highest BCUT2D eigenvalue weighted by Gasteiger charge is 2.45. The standard InChI is InChI=1S/C13H26N2O/c1-10-4-3-5-11(2)15(10)9-13(16,8-14)12-6-7-12/h10-12,16H,3-9,14H2,1-2H3/t10-,11+,13?. The quantitative estimate of drug-likeness (QED) is 0.761. The number of rotatable bonds is 4.